The smallest absolute Gasteiger partial charge is 0.337 e. The van der Waals surface area contributed by atoms with Crippen molar-refractivity contribution < 1.29 is 14.3 Å². The molecule has 7 nitrogen and oxygen atoms in total. The number of carbonyl (C=O) groups is 2. The van der Waals surface area contributed by atoms with E-state index in [1.807, 2.05) is 29.8 Å². The average molecular weight is 486 g/mol. The monoisotopic (exact) mass is 485 g/mol. The lowest BCUT2D eigenvalue weighted by Crippen LogP contribution is -2.16. The lowest BCUT2D eigenvalue weighted by atomic mass is 10.1. The van der Waals surface area contributed by atoms with Gasteiger partial charge in [0.1, 0.15) is 10.7 Å². The van der Waals surface area contributed by atoms with Crippen molar-refractivity contribution in [3.05, 3.63) is 68.4 Å². The molecule has 3 heterocycles. The van der Waals surface area contributed by atoms with Gasteiger partial charge in [-0.2, -0.15) is 0 Å². The largest absolute Gasteiger partial charge is 0.465 e. The van der Waals surface area contributed by atoms with Gasteiger partial charge in [-0.05, 0) is 36.1 Å². The van der Waals surface area contributed by atoms with Crippen molar-refractivity contribution in [2.45, 2.75) is 12.7 Å². The van der Waals surface area contributed by atoms with Gasteiger partial charge in [0.05, 0.1) is 29.6 Å². The Balaban J connectivity index is 1.40. The number of nitrogens with zero attached hydrogens (tertiary/aromatic N) is 1. The number of aromatic amines is 1. The molecule has 0 aliphatic heterocycles. The van der Waals surface area contributed by atoms with E-state index < -0.39 is 5.97 Å². The van der Waals surface area contributed by atoms with Gasteiger partial charge in [0, 0.05) is 21.5 Å². The quantitative estimate of drug-likeness (QED) is 0.369. The van der Waals surface area contributed by atoms with Crippen LogP contribution in [0.3, 0.4) is 0 Å². The molecule has 10 heteroatoms. The Morgan fingerprint density at radius 1 is 1.25 bits per heavy atom. The first-order valence-electron chi connectivity index (χ1n) is 9.57. The summed E-state index contributed by atoms with van der Waals surface area (Å²) in [4.78, 5) is 45.9. The highest BCUT2D eigenvalue weighted by molar-refractivity contribution is 7.99. The number of thioether (sulfide) groups is 1. The molecule has 0 spiro atoms. The highest BCUT2D eigenvalue weighted by Crippen LogP contribution is 2.33. The van der Waals surface area contributed by atoms with Gasteiger partial charge in [-0.25, -0.2) is 9.78 Å². The van der Waals surface area contributed by atoms with Crippen LogP contribution in [0, 0.1) is 6.92 Å². The van der Waals surface area contributed by atoms with Crippen molar-refractivity contribution in [3.8, 4) is 10.4 Å². The van der Waals surface area contributed by atoms with Crippen LogP contribution in [-0.4, -0.2) is 34.7 Å². The standard InChI is InChI=1S/C22H19N3O4S3/c1-12-5-6-13(22(28)29-2)8-15(12)23-18(26)11-30-10-17-24-20(27)19-14(9-32-21(19)25-17)16-4-3-7-31-16/h3-9H,10-11H2,1-2H3,(H,23,26)(H,24,25,27). The number of esters is 1. The van der Waals surface area contributed by atoms with Crippen LogP contribution in [0.5, 0.6) is 0 Å². The molecule has 1 aromatic carbocycles. The van der Waals surface area contributed by atoms with E-state index in [4.69, 9.17) is 4.74 Å². The molecule has 0 radical (unpaired) electrons. The molecule has 0 unspecified atom stereocenters. The van der Waals surface area contributed by atoms with Gasteiger partial charge in [-0.3, -0.25) is 9.59 Å². The normalized spacial score (nSPS) is 10.9. The minimum atomic E-state index is -0.462. The Morgan fingerprint density at radius 2 is 2.09 bits per heavy atom. The molecule has 0 aliphatic rings. The van der Waals surface area contributed by atoms with E-state index >= 15 is 0 Å². The topological polar surface area (TPSA) is 101 Å². The fraction of sp³-hybridized carbons (Fsp3) is 0.182. The fourth-order valence-electron chi connectivity index (χ4n) is 3.10. The number of fused-ring (bicyclic) bond motifs is 1. The first kappa shape index (κ1) is 22.3. The third kappa shape index (κ3) is 4.77. The molecule has 0 atom stereocenters. The van der Waals surface area contributed by atoms with Crippen LogP contribution in [0.25, 0.3) is 20.7 Å². The molecule has 3 aromatic heterocycles. The second kappa shape index (κ2) is 9.68. The van der Waals surface area contributed by atoms with Crippen LogP contribution >= 0.6 is 34.4 Å². The van der Waals surface area contributed by atoms with Crippen LogP contribution in [0.4, 0.5) is 5.69 Å². The van der Waals surface area contributed by atoms with Gasteiger partial charge in [0.25, 0.3) is 5.56 Å². The number of methoxy groups -OCH3 is 1. The maximum absolute atomic E-state index is 12.7. The highest BCUT2D eigenvalue weighted by atomic mass is 32.2. The molecular weight excluding hydrogens is 466 g/mol. The van der Waals surface area contributed by atoms with Crippen molar-refractivity contribution in [1.82, 2.24) is 9.97 Å². The number of H-pyrrole nitrogens is 1. The first-order valence-corrected chi connectivity index (χ1v) is 12.5. The number of rotatable bonds is 7. The number of anilines is 1. The number of hydrogen-bond donors (Lipinski definition) is 2. The van der Waals surface area contributed by atoms with Crippen LogP contribution in [-0.2, 0) is 15.3 Å². The number of carbonyl (C=O) groups excluding carboxylic acids is 2. The summed E-state index contributed by atoms with van der Waals surface area (Å²) in [5.74, 6) is 0.431. The summed E-state index contributed by atoms with van der Waals surface area (Å²) < 4.78 is 4.72. The molecule has 1 amide bonds. The average Bonchev–Trinajstić information content (AvgIpc) is 3.44. The van der Waals surface area contributed by atoms with E-state index in [1.54, 1.807) is 29.5 Å². The Morgan fingerprint density at radius 3 is 2.84 bits per heavy atom. The number of aromatic nitrogens is 2. The van der Waals surface area contributed by atoms with E-state index in [0.29, 0.717) is 33.0 Å². The van der Waals surface area contributed by atoms with E-state index in [9.17, 15) is 14.4 Å². The number of hydrogen-bond acceptors (Lipinski definition) is 8. The highest BCUT2D eigenvalue weighted by Gasteiger charge is 2.14. The summed E-state index contributed by atoms with van der Waals surface area (Å²) in [6, 6.07) is 8.94. The van der Waals surface area contributed by atoms with Gasteiger partial charge in [0.2, 0.25) is 5.91 Å². The van der Waals surface area contributed by atoms with Crippen LogP contribution in [0.2, 0.25) is 0 Å². The fourth-order valence-corrected chi connectivity index (χ4v) is 5.57. The number of aryl methyl sites for hydroxylation is 1. The maximum atomic E-state index is 12.7. The predicted octanol–water partition coefficient (Wildman–Crippen LogP) is 4.68. The number of thiophene rings is 2. The van der Waals surface area contributed by atoms with Gasteiger partial charge in [-0.15, -0.1) is 34.4 Å². The zero-order valence-corrected chi connectivity index (χ0v) is 19.7. The van der Waals surface area contributed by atoms with Gasteiger partial charge >= 0.3 is 5.97 Å². The van der Waals surface area contributed by atoms with E-state index in [0.717, 1.165) is 16.0 Å². The Kier molecular flexibility index (Phi) is 6.73. The molecular formula is C22H19N3O4S3. The summed E-state index contributed by atoms with van der Waals surface area (Å²) in [6.45, 7) is 1.85. The number of amides is 1. The maximum Gasteiger partial charge on any atom is 0.337 e. The predicted molar refractivity (Wildman–Crippen MR) is 131 cm³/mol. The number of ether oxygens (including phenoxy) is 1. The van der Waals surface area contributed by atoms with E-state index in [2.05, 4.69) is 15.3 Å². The molecule has 4 aromatic rings. The van der Waals surface area contributed by atoms with Gasteiger partial charge < -0.3 is 15.0 Å². The zero-order valence-electron chi connectivity index (χ0n) is 17.3. The van der Waals surface area contributed by atoms with Gasteiger partial charge in [0.15, 0.2) is 0 Å². The van der Waals surface area contributed by atoms with E-state index in [-0.39, 0.29) is 17.2 Å². The second-order valence-corrected chi connectivity index (χ2v) is 9.67. The number of nitrogens with one attached hydrogen (secondary N) is 2. The summed E-state index contributed by atoms with van der Waals surface area (Å²) in [6.07, 6.45) is 0. The van der Waals surface area contributed by atoms with Gasteiger partial charge in [-0.1, -0.05) is 12.1 Å². The first-order chi connectivity index (χ1) is 15.5. The van der Waals surface area contributed by atoms with Crippen molar-refractivity contribution in [2.24, 2.45) is 0 Å². The summed E-state index contributed by atoms with van der Waals surface area (Å²) in [5, 5.41) is 7.35. The third-order valence-corrected chi connectivity index (χ3v) is 7.40. The second-order valence-electron chi connectivity index (χ2n) is 6.88. The molecule has 164 valence electrons. The molecule has 0 saturated heterocycles. The number of benzene rings is 1. The Labute approximate surface area is 195 Å². The summed E-state index contributed by atoms with van der Waals surface area (Å²) in [7, 11) is 1.31. The van der Waals surface area contributed by atoms with E-state index in [1.165, 1.54) is 30.2 Å². The lowest BCUT2D eigenvalue weighted by molar-refractivity contribution is -0.113. The zero-order chi connectivity index (χ0) is 22.7. The molecule has 0 saturated carbocycles. The van der Waals surface area contributed by atoms with Crippen molar-refractivity contribution in [2.75, 3.05) is 18.2 Å². The van der Waals surface area contributed by atoms with Crippen LogP contribution in [0.1, 0.15) is 21.7 Å². The molecule has 0 bridgehead atoms. The van der Waals surface area contributed by atoms with Crippen molar-refractivity contribution >= 4 is 62.2 Å². The van der Waals surface area contributed by atoms with Crippen LogP contribution in [0.15, 0.2) is 45.9 Å². The minimum Gasteiger partial charge on any atom is -0.465 e. The van der Waals surface area contributed by atoms with Crippen molar-refractivity contribution in [3.63, 3.8) is 0 Å². The molecule has 0 aliphatic carbocycles. The molecule has 0 fully saturated rings. The van der Waals surface area contributed by atoms with Crippen LogP contribution < -0.4 is 10.9 Å². The van der Waals surface area contributed by atoms with Crippen molar-refractivity contribution in [1.29, 1.82) is 0 Å². The minimum absolute atomic E-state index is 0.171. The molecule has 4 rings (SSSR count). The Bertz CT molecular complexity index is 1340. The summed E-state index contributed by atoms with van der Waals surface area (Å²) in [5.41, 5.74) is 2.50. The lowest BCUT2D eigenvalue weighted by Gasteiger charge is -2.10. The summed E-state index contributed by atoms with van der Waals surface area (Å²) >= 11 is 4.37. The molecule has 32 heavy (non-hydrogen) atoms. The SMILES string of the molecule is COC(=O)c1ccc(C)c(NC(=O)CSCc2nc3scc(-c4cccs4)c3c(=O)[nH]2)c1. The third-order valence-electron chi connectivity index (χ3n) is 4.68. The Hall–Kier alpha value is -2.95. The molecule has 2 N–H and O–H groups in total.